The molecule has 0 bridgehead atoms. The maximum absolute atomic E-state index is 12.3. The van der Waals surface area contributed by atoms with Crippen molar-refractivity contribution in [3.05, 3.63) is 0 Å². The van der Waals surface area contributed by atoms with Gasteiger partial charge in [-0.15, -0.1) is 0 Å². The third-order valence-electron chi connectivity index (χ3n) is 3.75. The van der Waals surface area contributed by atoms with Crippen LogP contribution in [0.25, 0.3) is 0 Å². The summed E-state index contributed by atoms with van der Waals surface area (Å²) in [7, 11) is 0. The average molecular weight is 226 g/mol. The zero-order valence-corrected chi connectivity index (χ0v) is 9.82. The van der Waals surface area contributed by atoms with Crippen LogP contribution in [0.2, 0.25) is 0 Å². The van der Waals surface area contributed by atoms with Gasteiger partial charge in [0.1, 0.15) is 0 Å². The standard InChI is InChI=1S/C12H22N2O2/c15-9-8-14(10-4-1-2-5-10)12(16)11-6-3-7-13-11/h10-11,13,15H,1-9H2. The molecule has 0 aromatic rings. The Labute approximate surface area is 97.0 Å². The van der Waals surface area contributed by atoms with Gasteiger partial charge in [0.05, 0.1) is 12.6 Å². The highest BCUT2D eigenvalue weighted by Gasteiger charge is 2.32. The fourth-order valence-electron chi connectivity index (χ4n) is 2.89. The van der Waals surface area contributed by atoms with Gasteiger partial charge in [0.2, 0.25) is 5.91 Å². The highest BCUT2D eigenvalue weighted by atomic mass is 16.3. The number of aliphatic hydroxyl groups excluding tert-OH is 1. The molecule has 0 aromatic heterocycles. The number of nitrogens with zero attached hydrogens (tertiary/aromatic N) is 1. The van der Waals surface area contributed by atoms with Crippen LogP contribution in [0.15, 0.2) is 0 Å². The highest BCUT2D eigenvalue weighted by molar-refractivity contribution is 5.82. The number of rotatable bonds is 4. The Morgan fingerprint density at radius 3 is 2.56 bits per heavy atom. The number of hydrogen-bond donors (Lipinski definition) is 2. The first-order chi connectivity index (χ1) is 7.83. The normalized spacial score (nSPS) is 26.2. The lowest BCUT2D eigenvalue weighted by Gasteiger charge is -2.30. The summed E-state index contributed by atoms with van der Waals surface area (Å²) in [6.45, 7) is 1.53. The van der Waals surface area contributed by atoms with Crippen LogP contribution in [0.4, 0.5) is 0 Å². The van der Waals surface area contributed by atoms with Crippen LogP contribution in [0, 0.1) is 0 Å². The Kier molecular flexibility index (Phi) is 4.18. The molecule has 2 N–H and O–H groups in total. The lowest BCUT2D eigenvalue weighted by molar-refractivity contribution is -0.135. The molecular weight excluding hydrogens is 204 g/mol. The van der Waals surface area contributed by atoms with E-state index in [0.717, 1.165) is 32.2 Å². The summed E-state index contributed by atoms with van der Waals surface area (Å²) in [5.74, 6) is 0.207. The lowest BCUT2D eigenvalue weighted by Crippen LogP contribution is -2.48. The summed E-state index contributed by atoms with van der Waals surface area (Å²) in [6, 6.07) is 0.384. The zero-order valence-electron chi connectivity index (χ0n) is 9.82. The molecule has 2 fully saturated rings. The average Bonchev–Trinajstić information content (AvgIpc) is 2.96. The van der Waals surface area contributed by atoms with Crippen molar-refractivity contribution in [2.24, 2.45) is 0 Å². The summed E-state index contributed by atoms with van der Waals surface area (Å²) < 4.78 is 0. The Morgan fingerprint density at radius 2 is 2.00 bits per heavy atom. The van der Waals surface area contributed by atoms with E-state index in [0.29, 0.717) is 12.6 Å². The quantitative estimate of drug-likeness (QED) is 0.734. The molecular formula is C12H22N2O2. The molecule has 0 aromatic carbocycles. The molecule has 2 aliphatic rings. The van der Waals surface area contributed by atoms with E-state index in [1.54, 1.807) is 0 Å². The minimum absolute atomic E-state index is 0.00662. The fourth-order valence-corrected chi connectivity index (χ4v) is 2.89. The van der Waals surface area contributed by atoms with Crippen LogP contribution in [-0.4, -0.2) is 47.7 Å². The first kappa shape index (κ1) is 11.9. The second kappa shape index (κ2) is 5.64. The first-order valence-corrected chi connectivity index (χ1v) is 6.47. The van der Waals surface area contributed by atoms with Crippen LogP contribution in [0.1, 0.15) is 38.5 Å². The molecule has 1 saturated carbocycles. The molecule has 4 nitrogen and oxygen atoms in total. The number of carbonyl (C=O) groups is 1. The molecule has 0 spiro atoms. The van der Waals surface area contributed by atoms with Gasteiger partial charge in [-0.1, -0.05) is 12.8 Å². The third kappa shape index (κ3) is 2.55. The van der Waals surface area contributed by atoms with Crippen molar-refractivity contribution in [3.8, 4) is 0 Å². The van der Waals surface area contributed by atoms with E-state index < -0.39 is 0 Å². The van der Waals surface area contributed by atoms with Crippen LogP contribution in [0.3, 0.4) is 0 Å². The maximum atomic E-state index is 12.3. The number of amides is 1. The fraction of sp³-hybridized carbons (Fsp3) is 0.917. The molecule has 2 rings (SSSR count). The molecule has 92 valence electrons. The summed E-state index contributed by atoms with van der Waals surface area (Å²) in [6.07, 6.45) is 6.70. The summed E-state index contributed by atoms with van der Waals surface area (Å²) in [5.41, 5.74) is 0. The van der Waals surface area contributed by atoms with Gasteiger partial charge in [-0.2, -0.15) is 0 Å². The van der Waals surface area contributed by atoms with E-state index >= 15 is 0 Å². The van der Waals surface area contributed by atoms with Crippen molar-refractivity contribution >= 4 is 5.91 Å². The smallest absolute Gasteiger partial charge is 0.240 e. The zero-order chi connectivity index (χ0) is 11.4. The minimum Gasteiger partial charge on any atom is -0.395 e. The second-order valence-corrected chi connectivity index (χ2v) is 4.84. The molecule has 1 amide bonds. The molecule has 0 radical (unpaired) electrons. The van der Waals surface area contributed by atoms with Crippen LogP contribution >= 0.6 is 0 Å². The van der Waals surface area contributed by atoms with Crippen molar-refractivity contribution in [2.75, 3.05) is 19.7 Å². The Morgan fingerprint density at radius 1 is 1.25 bits per heavy atom. The van der Waals surface area contributed by atoms with E-state index in [-0.39, 0.29) is 18.6 Å². The van der Waals surface area contributed by atoms with Gasteiger partial charge in [0.15, 0.2) is 0 Å². The van der Waals surface area contributed by atoms with Crippen molar-refractivity contribution in [1.82, 2.24) is 10.2 Å². The highest BCUT2D eigenvalue weighted by Crippen LogP contribution is 2.24. The van der Waals surface area contributed by atoms with Crippen LogP contribution in [0.5, 0.6) is 0 Å². The Balaban J connectivity index is 1.96. The van der Waals surface area contributed by atoms with E-state index in [2.05, 4.69) is 5.32 Å². The van der Waals surface area contributed by atoms with Gasteiger partial charge in [-0.25, -0.2) is 0 Å². The molecule has 16 heavy (non-hydrogen) atoms. The first-order valence-electron chi connectivity index (χ1n) is 6.47. The van der Waals surface area contributed by atoms with Crippen molar-refractivity contribution < 1.29 is 9.90 Å². The predicted molar refractivity (Wildman–Crippen MR) is 62.1 cm³/mol. The van der Waals surface area contributed by atoms with E-state index in [4.69, 9.17) is 5.11 Å². The molecule has 1 heterocycles. The largest absolute Gasteiger partial charge is 0.395 e. The topological polar surface area (TPSA) is 52.6 Å². The Bertz CT molecular complexity index is 233. The van der Waals surface area contributed by atoms with E-state index in [1.807, 2.05) is 4.90 Å². The van der Waals surface area contributed by atoms with E-state index in [1.165, 1.54) is 12.8 Å². The van der Waals surface area contributed by atoms with Gasteiger partial charge in [-0.05, 0) is 32.2 Å². The van der Waals surface area contributed by atoms with Gasteiger partial charge in [0, 0.05) is 12.6 Å². The minimum atomic E-state index is 0.00662. The summed E-state index contributed by atoms with van der Waals surface area (Å²) >= 11 is 0. The van der Waals surface area contributed by atoms with Crippen LogP contribution < -0.4 is 5.32 Å². The number of carbonyl (C=O) groups excluding carboxylic acids is 1. The molecule has 1 aliphatic carbocycles. The number of hydrogen-bond acceptors (Lipinski definition) is 3. The SMILES string of the molecule is O=C(C1CCCN1)N(CCO)C1CCCC1. The van der Waals surface area contributed by atoms with Gasteiger partial charge >= 0.3 is 0 Å². The molecule has 1 saturated heterocycles. The summed E-state index contributed by atoms with van der Waals surface area (Å²) in [4.78, 5) is 14.2. The number of aliphatic hydroxyl groups is 1. The van der Waals surface area contributed by atoms with E-state index in [9.17, 15) is 4.79 Å². The Hall–Kier alpha value is -0.610. The second-order valence-electron chi connectivity index (χ2n) is 4.84. The monoisotopic (exact) mass is 226 g/mol. The van der Waals surface area contributed by atoms with Crippen molar-refractivity contribution in [1.29, 1.82) is 0 Å². The number of nitrogens with one attached hydrogen (secondary N) is 1. The van der Waals surface area contributed by atoms with Gasteiger partial charge < -0.3 is 15.3 Å². The van der Waals surface area contributed by atoms with Crippen molar-refractivity contribution in [3.63, 3.8) is 0 Å². The van der Waals surface area contributed by atoms with Crippen LogP contribution in [-0.2, 0) is 4.79 Å². The van der Waals surface area contributed by atoms with Crippen molar-refractivity contribution in [2.45, 2.75) is 50.6 Å². The predicted octanol–water partition coefficient (Wildman–Crippen LogP) is 0.502. The molecule has 4 heteroatoms. The van der Waals surface area contributed by atoms with Gasteiger partial charge in [0.25, 0.3) is 0 Å². The van der Waals surface area contributed by atoms with Gasteiger partial charge in [-0.3, -0.25) is 4.79 Å². The molecule has 1 aliphatic heterocycles. The summed E-state index contributed by atoms with van der Waals surface area (Å²) in [5, 5.41) is 12.3. The molecule has 1 unspecified atom stereocenters. The molecule has 1 atom stereocenters. The maximum Gasteiger partial charge on any atom is 0.240 e. The lowest BCUT2D eigenvalue weighted by atomic mass is 10.1. The third-order valence-corrected chi connectivity index (χ3v) is 3.75.